The van der Waals surface area contributed by atoms with Crippen molar-refractivity contribution in [2.24, 2.45) is 0 Å². The van der Waals surface area contributed by atoms with Crippen LogP contribution in [0.5, 0.6) is 0 Å². The summed E-state index contributed by atoms with van der Waals surface area (Å²) in [5, 5.41) is 7.28. The molecule has 0 aliphatic rings. The van der Waals surface area contributed by atoms with Crippen LogP contribution in [0.3, 0.4) is 0 Å². The van der Waals surface area contributed by atoms with E-state index in [4.69, 9.17) is 5.41 Å². The number of nitrogens with zero attached hydrogens (tertiary/aromatic N) is 1. The van der Waals surface area contributed by atoms with Crippen LogP contribution in [0.2, 0.25) is 0 Å². The van der Waals surface area contributed by atoms with Crippen LogP contribution in [-0.2, 0) is 0 Å². The fourth-order valence-corrected chi connectivity index (χ4v) is 0.488. The van der Waals surface area contributed by atoms with Crippen LogP contribution >= 0.6 is 0 Å². The number of rotatable bonds is 3. The fourth-order valence-electron chi connectivity index (χ4n) is 0.488. The maximum atomic E-state index is 7.28. The first-order valence-corrected chi connectivity index (χ1v) is 3.32. The first-order chi connectivity index (χ1) is 4.72. The molecule has 10 heavy (non-hydrogen) atoms. The van der Waals surface area contributed by atoms with Crippen molar-refractivity contribution in [2.45, 2.75) is 13.3 Å². The van der Waals surface area contributed by atoms with E-state index in [1.54, 1.807) is 4.90 Å². The molecule has 0 fully saturated rings. The molecule has 0 saturated heterocycles. The lowest BCUT2D eigenvalue weighted by Crippen LogP contribution is -2.16. The molecule has 0 rings (SSSR count). The van der Waals surface area contributed by atoms with Gasteiger partial charge in [-0.15, -0.1) is 0 Å². The highest BCUT2D eigenvalue weighted by molar-refractivity contribution is 5.90. The molecule has 56 valence electrons. The quantitative estimate of drug-likeness (QED) is 0.468. The predicted octanol–water partition coefficient (Wildman–Crippen LogP) is 2.01. The molecule has 0 atom stereocenters. The van der Waals surface area contributed by atoms with Gasteiger partial charge in [0.25, 0.3) is 0 Å². The lowest BCUT2D eigenvalue weighted by molar-refractivity contribution is 0.683. The Morgan fingerprint density at radius 1 is 1.70 bits per heavy atom. The van der Waals surface area contributed by atoms with Gasteiger partial charge in [0, 0.05) is 13.2 Å². The summed E-state index contributed by atoms with van der Waals surface area (Å²) in [7, 11) is 1.83. The second kappa shape index (κ2) is 4.79. The molecule has 0 amide bonds. The fraction of sp³-hybridized carbons (Fsp3) is 0.375. The molecule has 0 aromatic heterocycles. The van der Waals surface area contributed by atoms with E-state index in [1.807, 2.05) is 19.3 Å². The number of hydrogen-bond acceptors (Lipinski definition) is 1. The highest BCUT2D eigenvalue weighted by Gasteiger charge is 1.91. The highest BCUT2D eigenvalue weighted by atomic mass is 15.1. The van der Waals surface area contributed by atoms with Crippen molar-refractivity contribution < 1.29 is 0 Å². The van der Waals surface area contributed by atoms with E-state index < -0.39 is 0 Å². The minimum atomic E-state index is 0.421. The average molecular weight is 138 g/mol. The van der Waals surface area contributed by atoms with Gasteiger partial charge in [-0.2, -0.15) is 0 Å². The Labute approximate surface area is 62.4 Å². The molecular weight excluding hydrogens is 124 g/mol. The molecular formula is C8H14N2. The molecule has 0 radical (unpaired) electrons. The SMILES string of the molecule is C=CC(=N)N(C)/C=C\CC. The van der Waals surface area contributed by atoms with E-state index in [1.165, 1.54) is 6.08 Å². The Kier molecular flexibility index (Phi) is 4.29. The summed E-state index contributed by atoms with van der Waals surface area (Å²) in [6.07, 6.45) is 6.37. The van der Waals surface area contributed by atoms with Crippen molar-refractivity contribution in [3.8, 4) is 0 Å². The summed E-state index contributed by atoms with van der Waals surface area (Å²) >= 11 is 0. The van der Waals surface area contributed by atoms with Gasteiger partial charge in [-0.25, -0.2) is 0 Å². The zero-order chi connectivity index (χ0) is 7.98. The minimum Gasteiger partial charge on any atom is -0.337 e. The van der Waals surface area contributed by atoms with Crippen LogP contribution in [0.25, 0.3) is 0 Å². The zero-order valence-corrected chi connectivity index (χ0v) is 6.59. The molecule has 1 N–H and O–H groups in total. The molecule has 0 saturated carbocycles. The molecule has 0 heterocycles. The largest absolute Gasteiger partial charge is 0.337 e. The summed E-state index contributed by atoms with van der Waals surface area (Å²) < 4.78 is 0. The van der Waals surface area contributed by atoms with Crippen molar-refractivity contribution in [1.82, 2.24) is 4.90 Å². The van der Waals surface area contributed by atoms with Gasteiger partial charge in [0.15, 0.2) is 0 Å². The van der Waals surface area contributed by atoms with Gasteiger partial charge < -0.3 is 4.90 Å². The second-order valence-electron chi connectivity index (χ2n) is 1.99. The first-order valence-electron chi connectivity index (χ1n) is 3.32. The van der Waals surface area contributed by atoms with Crippen LogP contribution < -0.4 is 0 Å². The Morgan fingerprint density at radius 3 is 2.70 bits per heavy atom. The Hall–Kier alpha value is -1.05. The van der Waals surface area contributed by atoms with Gasteiger partial charge in [0.1, 0.15) is 5.84 Å². The van der Waals surface area contributed by atoms with Gasteiger partial charge >= 0.3 is 0 Å². The molecule has 0 aromatic carbocycles. The molecule has 0 aromatic rings. The first kappa shape index (κ1) is 8.95. The van der Waals surface area contributed by atoms with Crippen LogP contribution in [0, 0.1) is 5.41 Å². The maximum absolute atomic E-state index is 7.28. The zero-order valence-electron chi connectivity index (χ0n) is 6.59. The van der Waals surface area contributed by atoms with Crippen LogP contribution in [0.15, 0.2) is 24.9 Å². The van der Waals surface area contributed by atoms with Crippen molar-refractivity contribution in [2.75, 3.05) is 7.05 Å². The normalized spacial score (nSPS) is 9.80. The molecule has 2 heteroatoms. The van der Waals surface area contributed by atoms with Crippen LogP contribution in [0.1, 0.15) is 13.3 Å². The smallest absolute Gasteiger partial charge is 0.123 e. The third-order valence-electron chi connectivity index (χ3n) is 1.14. The third kappa shape index (κ3) is 3.07. The summed E-state index contributed by atoms with van der Waals surface area (Å²) in [5.74, 6) is 0.421. The summed E-state index contributed by atoms with van der Waals surface area (Å²) in [4.78, 5) is 1.72. The average Bonchev–Trinajstić information content (AvgIpc) is 1.98. The monoisotopic (exact) mass is 138 g/mol. The molecule has 0 aliphatic carbocycles. The number of amidine groups is 1. The molecule has 0 aliphatic heterocycles. The van der Waals surface area contributed by atoms with Gasteiger partial charge in [0.2, 0.25) is 0 Å². The maximum Gasteiger partial charge on any atom is 0.123 e. The lowest BCUT2D eigenvalue weighted by Gasteiger charge is -2.10. The molecule has 0 spiro atoms. The highest BCUT2D eigenvalue weighted by Crippen LogP contribution is 1.89. The Bertz CT molecular complexity index is 147. The van der Waals surface area contributed by atoms with Gasteiger partial charge in [-0.1, -0.05) is 19.6 Å². The van der Waals surface area contributed by atoms with E-state index in [9.17, 15) is 0 Å². The van der Waals surface area contributed by atoms with E-state index in [0.29, 0.717) is 5.84 Å². The van der Waals surface area contributed by atoms with E-state index in [2.05, 4.69) is 13.5 Å². The second-order valence-corrected chi connectivity index (χ2v) is 1.99. The standard InChI is InChI=1S/C8H14N2/c1-4-6-7-10(3)8(9)5-2/h5-7,9H,2,4H2,1,3H3/b7-6-,9-8?. The van der Waals surface area contributed by atoms with Crippen molar-refractivity contribution in [3.63, 3.8) is 0 Å². The van der Waals surface area contributed by atoms with Crippen molar-refractivity contribution >= 4 is 5.84 Å². The number of likely N-dealkylation sites (N-methyl/N-ethyl adjacent to an activating group) is 1. The Balaban J connectivity index is 3.83. The third-order valence-corrected chi connectivity index (χ3v) is 1.14. The van der Waals surface area contributed by atoms with Crippen LogP contribution in [0.4, 0.5) is 0 Å². The topological polar surface area (TPSA) is 27.1 Å². The molecule has 2 nitrogen and oxygen atoms in total. The minimum absolute atomic E-state index is 0.421. The summed E-state index contributed by atoms with van der Waals surface area (Å²) in [6.45, 7) is 5.55. The van der Waals surface area contributed by atoms with Gasteiger partial charge in [0.05, 0.1) is 0 Å². The van der Waals surface area contributed by atoms with Gasteiger partial charge in [-0.3, -0.25) is 5.41 Å². The summed E-state index contributed by atoms with van der Waals surface area (Å²) in [6, 6.07) is 0. The molecule has 0 bridgehead atoms. The van der Waals surface area contributed by atoms with E-state index >= 15 is 0 Å². The number of nitrogens with one attached hydrogen (secondary N) is 1. The van der Waals surface area contributed by atoms with Gasteiger partial charge in [-0.05, 0) is 12.5 Å². The van der Waals surface area contributed by atoms with E-state index in [-0.39, 0.29) is 0 Å². The van der Waals surface area contributed by atoms with E-state index in [0.717, 1.165) is 6.42 Å². The lowest BCUT2D eigenvalue weighted by atomic mass is 10.4. The van der Waals surface area contributed by atoms with Crippen molar-refractivity contribution in [1.29, 1.82) is 5.41 Å². The summed E-state index contributed by atoms with van der Waals surface area (Å²) in [5.41, 5.74) is 0. The molecule has 0 unspecified atom stereocenters. The number of allylic oxidation sites excluding steroid dienone is 1. The predicted molar refractivity (Wildman–Crippen MR) is 45.1 cm³/mol. The number of hydrogen-bond donors (Lipinski definition) is 1. The Morgan fingerprint density at radius 2 is 2.30 bits per heavy atom. The van der Waals surface area contributed by atoms with Crippen molar-refractivity contribution in [3.05, 3.63) is 24.9 Å². The van der Waals surface area contributed by atoms with Crippen LogP contribution in [-0.4, -0.2) is 17.8 Å².